The van der Waals surface area contributed by atoms with Gasteiger partial charge in [-0.2, -0.15) is 0 Å². The van der Waals surface area contributed by atoms with Crippen molar-refractivity contribution in [1.82, 2.24) is 5.32 Å². The van der Waals surface area contributed by atoms with Crippen molar-refractivity contribution in [3.05, 3.63) is 48.6 Å². The van der Waals surface area contributed by atoms with Gasteiger partial charge in [-0.05, 0) is 64.2 Å². The molecule has 9 heteroatoms. The van der Waals surface area contributed by atoms with Crippen LogP contribution in [0.15, 0.2) is 48.6 Å². The molecule has 0 aliphatic carbocycles. The molecule has 0 saturated heterocycles. The van der Waals surface area contributed by atoms with Gasteiger partial charge in [0.1, 0.15) is 13.2 Å². The van der Waals surface area contributed by atoms with E-state index < -0.39 is 20.0 Å². The van der Waals surface area contributed by atoms with E-state index in [0.717, 1.165) is 44.9 Å². The first kappa shape index (κ1) is 69.5. The Balaban J connectivity index is 3.90. The summed E-state index contributed by atoms with van der Waals surface area (Å²) in [4.78, 5) is 23.2. The topological polar surface area (TPSA) is 105 Å². The van der Waals surface area contributed by atoms with E-state index in [-0.39, 0.29) is 19.1 Å². The van der Waals surface area contributed by atoms with Crippen LogP contribution in [0.25, 0.3) is 0 Å². The van der Waals surface area contributed by atoms with Crippen molar-refractivity contribution in [2.75, 3.05) is 40.9 Å². The molecule has 3 unspecified atom stereocenters. The van der Waals surface area contributed by atoms with Gasteiger partial charge in [-0.3, -0.25) is 13.8 Å². The van der Waals surface area contributed by atoms with E-state index in [1.807, 2.05) is 27.2 Å². The van der Waals surface area contributed by atoms with Gasteiger partial charge >= 0.3 is 7.82 Å². The van der Waals surface area contributed by atoms with Gasteiger partial charge in [-0.1, -0.05) is 268 Å². The largest absolute Gasteiger partial charge is 0.472 e. The van der Waals surface area contributed by atoms with Crippen LogP contribution >= 0.6 is 7.82 Å². The number of hydrogen-bond donors (Lipinski definition) is 3. The molecule has 3 atom stereocenters. The third kappa shape index (κ3) is 56.0. The number of nitrogens with zero attached hydrogens (tertiary/aromatic N) is 1. The molecule has 0 radical (unpaired) electrons. The smallest absolute Gasteiger partial charge is 0.387 e. The maximum Gasteiger partial charge on any atom is 0.472 e. The van der Waals surface area contributed by atoms with Crippen LogP contribution < -0.4 is 5.32 Å². The van der Waals surface area contributed by atoms with Crippen LogP contribution in [-0.4, -0.2) is 73.4 Å². The fourth-order valence-corrected chi connectivity index (χ4v) is 9.71. The summed E-state index contributed by atoms with van der Waals surface area (Å²) in [6.07, 6.45) is 71.1. The number of rotatable bonds is 56. The molecule has 8 nitrogen and oxygen atoms in total. The Labute approximate surface area is 441 Å². The molecule has 0 aromatic carbocycles. The highest BCUT2D eigenvalue weighted by atomic mass is 31.2. The van der Waals surface area contributed by atoms with E-state index in [2.05, 4.69) is 55.6 Å². The molecule has 418 valence electrons. The average molecular weight is 1020 g/mol. The minimum absolute atomic E-state index is 0.0570. The Morgan fingerprint density at radius 3 is 1.21 bits per heavy atom. The highest BCUT2D eigenvalue weighted by Crippen LogP contribution is 2.43. The standard InChI is InChI=1S/C62H119N2O6P/c1-6-8-10-12-14-16-18-20-21-22-23-24-25-26-27-28-29-30-31-32-33-34-35-36-37-38-39-40-41-42-43-44-46-48-50-52-54-56-62(66)63-60(59-70-71(67,68)69-58-57-64(3,4)5)61(65)55-53-51-49-47-45-19-17-15-13-11-9-7-2/h18,20,22-23,45,47,53,55,60-61,65H,6-17,19,21,24-44,46,48-52,54,56-59H2,1-5H3,(H-,63,66,67,68)/p+1/b20-18-,23-22-,47-45+,55-53+. The van der Waals surface area contributed by atoms with Gasteiger partial charge in [-0.15, -0.1) is 0 Å². The molecule has 0 aromatic heterocycles. The van der Waals surface area contributed by atoms with Gasteiger partial charge in [-0.25, -0.2) is 4.57 Å². The summed E-state index contributed by atoms with van der Waals surface area (Å²) < 4.78 is 23.6. The summed E-state index contributed by atoms with van der Waals surface area (Å²) in [5, 5.41) is 13.9. The fraction of sp³-hybridized carbons (Fsp3) is 0.855. The maximum atomic E-state index is 12.9. The van der Waals surface area contributed by atoms with Crippen molar-refractivity contribution >= 4 is 13.7 Å². The number of unbranched alkanes of at least 4 members (excludes halogenated alkanes) is 37. The fourth-order valence-electron chi connectivity index (χ4n) is 8.97. The van der Waals surface area contributed by atoms with E-state index in [1.165, 1.54) is 225 Å². The minimum atomic E-state index is -4.35. The lowest BCUT2D eigenvalue weighted by molar-refractivity contribution is -0.870. The van der Waals surface area contributed by atoms with Crippen LogP contribution in [0, 0.1) is 0 Å². The Bertz CT molecular complexity index is 1290. The number of carbonyl (C=O) groups excluding carboxylic acids is 1. The van der Waals surface area contributed by atoms with Crippen molar-refractivity contribution < 1.29 is 32.9 Å². The van der Waals surface area contributed by atoms with Crippen LogP contribution in [-0.2, 0) is 18.4 Å². The SMILES string of the molecule is CCCCCCC/C=C\C/C=C\CCCCCCCCCCCCCCCCCCCCCCCCCCCC(=O)NC(COP(=O)(O)OCC[N+](C)(C)C)C(O)/C=C/CC/C=C/CCCCCCCC. The summed E-state index contributed by atoms with van der Waals surface area (Å²) in [5.74, 6) is -0.184. The zero-order chi connectivity index (χ0) is 52.0. The number of likely N-dealkylation sites (N-methyl/N-ethyl adjacent to an activating group) is 1. The van der Waals surface area contributed by atoms with Crippen LogP contribution in [0.4, 0.5) is 0 Å². The van der Waals surface area contributed by atoms with Crippen LogP contribution in [0.2, 0.25) is 0 Å². The molecule has 3 N–H and O–H groups in total. The predicted molar refractivity (Wildman–Crippen MR) is 309 cm³/mol. The van der Waals surface area contributed by atoms with Crippen molar-refractivity contribution in [2.24, 2.45) is 0 Å². The molecule has 0 aliphatic heterocycles. The van der Waals surface area contributed by atoms with Gasteiger partial charge in [0.15, 0.2) is 0 Å². The molecule has 0 saturated carbocycles. The first-order valence-electron chi connectivity index (χ1n) is 30.5. The lowest BCUT2D eigenvalue weighted by Gasteiger charge is -2.25. The molecule has 0 aliphatic rings. The lowest BCUT2D eigenvalue weighted by atomic mass is 10.0. The molecule has 0 rings (SSSR count). The van der Waals surface area contributed by atoms with Crippen molar-refractivity contribution in [3.63, 3.8) is 0 Å². The monoisotopic (exact) mass is 1020 g/mol. The normalized spacial score (nSPS) is 14.2. The van der Waals surface area contributed by atoms with E-state index in [0.29, 0.717) is 17.4 Å². The second-order valence-electron chi connectivity index (χ2n) is 22.1. The lowest BCUT2D eigenvalue weighted by Crippen LogP contribution is -2.45. The molecular formula is C62H120N2O6P+. The molecular weight excluding hydrogens is 900 g/mol. The predicted octanol–water partition coefficient (Wildman–Crippen LogP) is 18.7. The summed E-state index contributed by atoms with van der Waals surface area (Å²) >= 11 is 0. The van der Waals surface area contributed by atoms with Gasteiger partial charge in [0.05, 0.1) is 39.9 Å². The van der Waals surface area contributed by atoms with Gasteiger partial charge in [0.2, 0.25) is 5.91 Å². The van der Waals surface area contributed by atoms with Crippen molar-refractivity contribution in [1.29, 1.82) is 0 Å². The summed E-state index contributed by atoms with van der Waals surface area (Å²) in [6.45, 7) is 4.78. The zero-order valence-corrected chi connectivity index (χ0v) is 48.6. The van der Waals surface area contributed by atoms with Crippen LogP contribution in [0.3, 0.4) is 0 Å². The number of nitrogens with one attached hydrogen (secondary N) is 1. The Hall–Kier alpha value is -1.54. The highest BCUT2D eigenvalue weighted by molar-refractivity contribution is 7.47. The summed E-state index contributed by atoms with van der Waals surface area (Å²) in [7, 11) is 1.56. The van der Waals surface area contributed by atoms with Gasteiger partial charge in [0.25, 0.3) is 0 Å². The van der Waals surface area contributed by atoms with Crippen LogP contribution in [0.5, 0.6) is 0 Å². The zero-order valence-electron chi connectivity index (χ0n) is 47.7. The van der Waals surface area contributed by atoms with E-state index in [1.54, 1.807) is 6.08 Å². The van der Waals surface area contributed by atoms with Gasteiger partial charge < -0.3 is 19.8 Å². The van der Waals surface area contributed by atoms with E-state index in [4.69, 9.17) is 9.05 Å². The molecule has 1 amide bonds. The average Bonchev–Trinajstić information content (AvgIpc) is 3.33. The van der Waals surface area contributed by atoms with Crippen LogP contribution in [0.1, 0.15) is 290 Å². The van der Waals surface area contributed by atoms with Crippen molar-refractivity contribution in [3.8, 4) is 0 Å². The number of phosphoric acid groups is 1. The number of quaternary nitrogens is 1. The second-order valence-corrected chi connectivity index (χ2v) is 23.5. The Morgan fingerprint density at radius 2 is 0.817 bits per heavy atom. The molecule has 0 spiro atoms. The number of phosphoric ester groups is 1. The summed E-state index contributed by atoms with van der Waals surface area (Å²) in [5.41, 5.74) is 0. The Morgan fingerprint density at radius 1 is 0.479 bits per heavy atom. The Kier molecular flexibility index (Phi) is 52.1. The molecule has 71 heavy (non-hydrogen) atoms. The van der Waals surface area contributed by atoms with Gasteiger partial charge in [0, 0.05) is 6.42 Å². The molecule has 0 fully saturated rings. The maximum absolute atomic E-state index is 12.9. The highest BCUT2D eigenvalue weighted by Gasteiger charge is 2.27. The minimum Gasteiger partial charge on any atom is -0.387 e. The molecule has 0 aromatic rings. The number of aliphatic hydroxyl groups excluding tert-OH is 1. The van der Waals surface area contributed by atoms with Crippen molar-refractivity contribution in [2.45, 2.75) is 302 Å². The number of carbonyl (C=O) groups is 1. The molecule has 0 heterocycles. The number of amides is 1. The molecule has 0 bridgehead atoms. The number of allylic oxidation sites excluding steroid dienone is 7. The second kappa shape index (κ2) is 53.3. The summed E-state index contributed by atoms with van der Waals surface area (Å²) in [6, 6.07) is -0.861. The quantitative estimate of drug-likeness (QED) is 0.0243. The van der Waals surface area contributed by atoms with E-state index >= 15 is 0 Å². The first-order valence-corrected chi connectivity index (χ1v) is 32.0. The third-order valence-electron chi connectivity index (χ3n) is 13.8. The number of hydrogen-bond acceptors (Lipinski definition) is 5. The number of aliphatic hydroxyl groups is 1. The third-order valence-corrected chi connectivity index (χ3v) is 14.8. The van der Waals surface area contributed by atoms with E-state index in [9.17, 15) is 19.4 Å². The first-order chi connectivity index (χ1) is 34.5.